The van der Waals surface area contributed by atoms with Crippen molar-refractivity contribution in [3.8, 4) is 5.75 Å². The molecule has 1 amide bonds. The molecule has 1 N–H and O–H groups in total. The molecule has 1 heterocycles. The molecule has 3 aromatic carbocycles. The number of rotatable bonds is 7. The number of aliphatic hydroxyl groups is 1. The van der Waals surface area contributed by atoms with E-state index in [-0.39, 0.29) is 40.2 Å². The Morgan fingerprint density at radius 3 is 2.27 bits per heavy atom. The minimum absolute atomic E-state index is 0.188. The van der Waals surface area contributed by atoms with E-state index in [0.29, 0.717) is 5.75 Å². The number of hydrogen-bond donors (Lipinski definition) is 1. The predicted octanol–water partition coefficient (Wildman–Crippen LogP) is 4.41. The van der Waals surface area contributed by atoms with Crippen LogP contribution in [0, 0.1) is 10.1 Å². The summed E-state index contributed by atoms with van der Waals surface area (Å²) in [6.45, 7) is 1.86. The van der Waals surface area contributed by atoms with Gasteiger partial charge in [-0.1, -0.05) is 12.1 Å². The molecule has 4 rings (SSSR count). The lowest BCUT2D eigenvalue weighted by Gasteiger charge is -2.25. The van der Waals surface area contributed by atoms with Gasteiger partial charge in [-0.2, -0.15) is 0 Å². The molecule has 1 fully saturated rings. The van der Waals surface area contributed by atoms with Gasteiger partial charge in [0.25, 0.3) is 17.4 Å². The summed E-state index contributed by atoms with van der Waals surface area (Å²) in [5.41, 5.74) is 0.521. The Balaban J connectivity index is 1.88. The topological polar surface area (TPSA) is 136 Å². The molecule has 0 bridgehead atoms. The maximum absolute atomic E-state index is 13.3. The highest BCUT2D eigenvalue weighted by molar-refractivity contribution is 6.51. The number of esters is 1. The van der Waals surface area contributed by atoms with Crippen LogP contribution in [0.25, 0.3) is 5.76 Å². The third-order valence-electron chi connectivity index (χ3n) is 5.86. The van der Waals surface area contributed by atoms with E-state index >= 15 is 0 Å². The molecule has 1 atom stereocenters. The highest BCUT2D eigenvalue weighted by atomic mass is 16.6. The van der Waals surface area contributed by atoms with Crippen molar-refractivity contribution in [2.75, 3.05) is 18.6 Å². The van der Waals surface area contributed by atoms with Crippen LogP contribution < -0.4 is 9.64 Å². The molecular formula is C27H22N2O8. The Morgan fingerprint density at radius 1 is 1.03 bits per heavy atom. The molecule has 1 aliphatic heterocycles. The van der Waals surface area contributed by atoms with Crippen molar-refractivity contribution in [1.29, 1.82) is 0 Å². The van der Waals surface area contributed by atoms with E-state index < -0.39 is 34.4 Å². The second-order valence-electron chi connectivity index (χ2n) is 8.02. The van der Waals surface area contributed by atoms with Crippen LogP contribution in [0.3, 0.4) is 0 Å². The van der Waals surface area contributed by atoms with Crippen LogP contribution in [0.1, 0.15) is 34.5 Å². The maximum Gasteiger partial charge on any atom is 0.338 e. The van der Waals surface area contributed by atoms with Gasteiger partial charge >= 0.3 is 5.97 Å². The Kier molecular flexibility index (Phi) is 7.01. The number of anilines is 1. The maximum atomic E-state index is 13.3. The Morgan fingerprint density at radius 2 is 1.68 bits per heavy atom. The van der Waals surface area contributed by atoms with Crippen LogP contribution in [0.5, 0.6) is 5.75 Å². The zero-order valence-corrected chi connectivity index (χ0v) is 19.9. The van der Waals surface area contributed by atoms with Gasteiger partial charge in [0, 0.05) is 23.4 Å². The summed E-state index contributed by atoms with van der Waals surface area (Å²) in [7, 11) is 1.48. The molecule has 0 radical (unpaired) electrons. The van der Waals surface area contributed by atoms with E-state index in [1.54, 1.807) is 19.1 Å². The molecule has 1 aliphatic rings. The minimum Gasteiger partial charge on any atom is -0.507 e. The minimum atomic E-state index is -1.17. The van der Waals surface area contributed by atoms with Gasteiger partial charge in [-0.25, -0.2) is 4.79 Å². The van der Waals surface area contributed by atoms with Gasteiger partial charge in [0.1, 0.15) is 11.5 Å². The molecule has 37 heavy (non-hydrogen) atoms. The molecule has 0 aromatic heterocycles. The summed E-state index contributed by atoms with van der Waals surface area (Å²) in [6, 6.07) is 16.4. The first kappa shape index (κ1) is 25.1. The standard InChI is InChI=1S/C27H22N2O8/c1-3-37-27(33)17-7-11-19(12-8-17)28-23(18-5-4-6-20(15-18)29(34)35)22(25(31)26(28)32)24(30)16-9-13-21(36-2)14-10-16/h4-15,23,30H,3H2,1-2H3/b24-22+. The first-order valence-corrected chi connectivity index (χ1v) is 11.2. The van der Waals surface area contributed by atoms with E-state index in [9.17, 15) is 29.6 Å². The average Bonchev–Trinajstić information content (AvgIpc) is 3.18. The first-order valence-electron chi connectivity index (χ1n) is 11.2. The first-order chi connectivity index (χ1) is 17.8. The van der Waals surface area contributed by atoms with Crippen LogP contribution in [0.2, 0.25) is 0 Å². The van der Waals surface area contributed by atoms with E-state index in [0.717, 1.165) is 4.90 Å². The average molecular weight is 502 g/mol. The summed E-state index contributed by atoms with van der Waals surface area (Å²) < 4.78 is 10.1. The lowest BCUT2D eigenvalue weighted by atomic mass is 9.94. The molecule has 3 aromatic rings. The highest BCUT2D eigenvalue weighted by Gasteiger charge is 2.47. The fourth-order valence-electron chi connectivity index (χ4n) is 4.10. The van der Waals surface area contributed by atoms with Gasteiger partial charge in [0.15, 0.2) is 0 Å². The number of nitrogens with zero attached hydrogens (tertiary/aromatic N) is 2. The highest BCUT2D eigenvalue weighted by Crippen LogP contribution is 2.43. The zero-order valence-electron chi connectivity index (χ0n) is 19.9. The van der Waals surface area contributed by atoms with Gasteiger partial charge in [0.05, 0.1) is 35.8 Å². The van der Waals surface area contributed by atoms with Gasteiger partial charge in [0.2, 0.25) is 0 Å². The number of amides is 1. The van der Waals surface area contributed by atoms with Crippen molar-refractivity contribution in [3.05, 3.63) is 105 Å². The number of nitro groups is 1. The van der Waals surface area contributed by atoms with Gasteiger partial charge < -0.3 is 14.6 Å². The van der Waals surface area contributed by atoms with Crippen molar-refractivity contribution in [2.24, 2.45) is 0 Å². The number of methoxy groups -OCH3 is 1. The predicted molar refractivity (Wildman–Crippen MR) is 133 cm³/mol. The van der Waals surface area contributed by atoms with E-state index in [1.807, 2.05) is 0 Å². The molecule has 188 valence electrons. The Bertz CT molecular complexity index is 1410. The van der Waals surface area contributed by atoms with Crippen molar-refractivity contribution >= 4 is 34.8 Å². The second kappa shape index (κ2) is 10.3. The SMILES string of the molecule is CCOC(=O)c1ccc(N2C(=O)C(=O)/C(=C(/O)c3ccc(OC)cc3)C2c2cccc([N+](=O)[O-])c2)cc1. The summed E-state index contributed by atoms with van der Waals surface area (Å²) in [5.74, 6) is -2.36. The fraction of sp³-hybridized carbons (Fsp3) is 0.148. The summed E-state index contributed by atoms with van der Waals surface area (Å²) in [5, 5.41) is 22.6. The van der Waals surface area contributed by atoms with Crippen molar-refractivity contribution in [1.82, 2.24) is 0 Å². The van der Waals surface area contributed by atoms with Gasteiger partial charge in [-0.15, -0.1) is 0 Å². The number of hydrogen-bond acceptors (Lipinski definition) is 8. The summed E-state index contributed by atoms with van der Waals surface area (Å²) >= 11 is 0. The largest absolute Gasteiger partial charge is 0.507 e. The smallest absolute Gasteiger partial charge is 0.338 e. The molecule has 1 unspecified atom stereocenters. The Labute approximate surface area is 211 Å². The molecule has 1 saturated heterocycles. The second-order valence-corrected chi connectivity index (χ2v) is 8.02. The number of carbonyl (C=O) groups is 3. The third-order valence-corrected chi connectivity index (χ3v) is 5.86. The number of Topliss-reactive ketones (excluding diaryl/α,β-unsaturated/α-hetero) is 1. The van der Waals surface area contributed by atoms with Crippen LogP contribution in [-0.4, -0.2) is 41.4 Å². The molecular weight excluding hydrogens is 480 g/mol. The van der Waals surface area contributed by atoms with Crippen LogP contribution >= 0.6 is 0 Å². The zero-order chi connectivity index (χ0) is 26.7. The van der Waals surface area contributed by atoms with Crippen LogP contribution in [0.4, 0.5) is 11.4 Å². The Hall–Kier alpha value is -4.99. The van der Waals surface area contributed by atoms with Crippen molar-refractivity contribution in [3.63, 3.8) is 0 Å². The monoisotopic (exact) mass is 502 g/mol. The van der Waals surface area contributed by atoms with Gasteiger partial charge in [-0.05, 0) is 61.0 Å². The summed E-state index contributed by atoms with van der Waals surface area (Å²) in [4.78, 5) is 50.6. The number of aliphatic hydroxyl groups excluding tert-OH is 1. The molecule has 0 aliphatic carbocycles. The normalized spacial score (nSPS) is 16.5. The van der Waals surface area contributed by atoms with Crippen molar-refractivity contribution < 1.29 is 33.9 Å². The van der Waals surface area contributed by atoms with Crippen LogP contribution in [0.15, 0.2) is 78.4 Å². The number of carbonyl (C=O) groups excluding carboxylic acids is 3. The number of benzene rings is 3. The number of ketones is 1. The quantitative estimate of drug-likeness (QED) is 0.125. The van der Waals surface area contributed by atoms with Gasteiger partial charge in [-0.3, -0.25) is 24.6 Å². The number of ether oxygens (including phenoxy) is 2. The number of nitro benzene ring substituents is 1. The van der Waals surface area contributed by atoms with Crippen LogP contribution in [-0.2, 0) is 14.3 Å². The molecule has 0 saturated carbocycles. The van der Waals surface area contributed by atoms with Crippen molar-refractivity contribution in [2.45, 2.75) is 13.0 Å². The van der Waals surface area contributed by atoms with E-state index in [4.69, 9.17) is 9.47 Å². The lowest BCUT2D eigenvalue weighted by Crippen LogP contribution is -2.29. The molecule has 0 spiro atoms. The molecule has 10 nitrogen and oxygen atoms in total. The third kappa shape index (κ3) is 4.76. The molecule has 10 heteroatoms. The van der Waals surface area contributed by atoms with E-state index in [1.165, 1.54) is 67.8 Å². The number of non-ortho nitro benzene ring substituents is 1. The summed E-state index contributed by atoms with van der Waals surface area (Å²) in [6.07, 6.45) is 0. The fourth-order valence-corrected chi connectivity index (χ4v) is 4.10. The van der Waals surface area contributed by atoms with E-state index in [2.05, 4.69) is 0 Å². The lowest BCUT2D eigenvalue weighted by molar-refractivity contribution is -0.384.